The Labute approximate surface area is 194 Å². The molecule has 0 amide bonds. The molecule has 0 saturated heterocycles. The van der Waals surface area contributed by atoms with Gasteiger partial charge in [-0.3, -0.25) is 0 Å². The van der Waals surface area contributed by atoms with Gasteiger partial charge in [0, 0.05) is 36.5 Å². The number of carbonyl (C=O) groups is 3. The SMILES string of the molecule is CCCOC(C)c1c(C(=O)O)c(C(=O)O)c(C(C)OCCC)c(C(C)OCCC)c1C(=O)O. The van der Waals surface area contributed by atoms with E-state index >= 15 is 0 Å². The maximum absolute atomic E-state index is 12.6. The minimum atomic E-state index is -1.55. The van der Waals surface area contributed by atoms with Gasteiger partial charge in [0.25, 0.3) is 0 Å². The highest BCUT2D eigenvalue weighted by Crippen LogP contribution is 2.41. The molecule has 0 aromatic heterocycles. The van der Waals surface area contributed by atoms with Gasteiger partial charge < -0.3 is 29.5 Å². The first kappa shape index (κ1) is 28.5. The van der Waals surface area contributed by atoms with Crippen molar-refractivity contribution in [2.75, 3.05) is 19.8 Å². The second-order valence-electron chi connectivity index (χ2n) is 7.82. The van der Waals surface area contributed by atoms with E-state index in [1.807, 2.05) is 20.8 Å². The van der Waals surface area contributed by atoms with Crippen LogP contribution in [0.1, 0.15) is 127 Å². The zero-order valence-electron chi connectivity index (χ0n) is 20.3. The summed E-state index contributed by atoms with van der Waals surface area (Å²) in [5.74, 6) is -4.42. The van der Waals surface area contributed by atoms with Gasteiger partial charge in [-0.2, -0.15) is 0 Å². The summed E-state index contributed by atoms with van der Waals surface area (Å²) in [5.41, 5.74) is -1.50. The zero-order valence-corrected chi connectivity index (χ0v) is 20.3. The molecule has 33 heavy (non-hydrogen) atoms. The predicted octanol–water partition coefficient (Wildman–Crippen LogP) is 5.24. The molecule has 3 unspecified atom stereocenters. The fourth-order valence-corrected chi connectivity index (χ4v) is 3.87. The second-order valence-corrected chi connectivity index (χ2v) is 7.82. The van der Waals surface area contributed by atoms with Crippen LogP contribution in [0.5, 0.6) is 0 Å². The van der Waals surface area contributed by atoms with Crippen molar-refractivity contribution in [2.45, 2.75) is 79.1 Å². The van der Waals surface area contributed by atoms with Gasteiger partial charge in [0.1, 0.15) is 0 Å². The molecule has 186 valence electrons. The molecule has 0 aliphatic carbocycles. The Hall–Kier alpha value is -2.49. The van der Waals surface area contributed by atoms with Gasteiger partial charge in [-0.1, -0.05) is 20.8 Å². The average Bonchev–Trinajstić information content (AvgIpc) is 2.76. The Morgan fingerprint density at radius 1 is 0.576 bits per heavy atom. The van der Waals surface area contributed by atoms with Gasteiger partial charge in [-0.25, -0.2) is 14.4 Å². The molecular weight excluding hydrogens is 432 g/mol. The normalized spacial score (nSPS) is 14.0. The van der Waals surface area contributed by atoms with E-state index in [-0.39, 0.29) is 35.5 Å². The van der Waals surface area contributed by atoms with Crippen molar-refractivity contribution < 1.29 is 43.9 Å². The summed E-state index contributed by atoms with van der Waals surface area (Å²) in [7, 11) is 0. The van der Waals surface area contributed by atoms with Gasteiger partial charge in [-0.05, 0) is 40.0 Å². The molecule has 0 heterocycles. The Kier molecular flexibility index (Phi) is 11.5. The third kappa shape index (κ3) is 6.75. The van der Waals surface area contributed by atoms with E-state index in [2.05, 4.69) is 0 Å². The van der Waals surface area contributed by atoms with Crippen LogP contribution in [0.25, 0.3) is 0 Å². The van der Waals surface area contributed by atoms with Crippen molar-refractivity contribution in [1.82, 2.24) is 0 Å². The minimum absolute atomic E-state index is 0.000736. The van der Waals surface area contributed by atoms with E-state index in [9.17, 15) is 29.7 Å². The highest BCUT2D eigenvalue weighted by atomic mass is 16.5. The van der Waals surface area contributed by atoms with Crippen LogP contribution in [-0.4, -0.2) is 53.0 Å². The molecule has 0 aliphatic heterocycles. The summed E-state index contributed by atoms with van der Waals surface area (Å²) in [6, 6.07) is 0. The fourth-order valence-electron chi connectivity index (χ4n) is 3.87. The van der Waals surface area contributed by atoms with Gasteiger partial charge in [-0.15, -0.1) is 0 Å². The molecule has 0 bridgehead atoms. The molecule has 0 saturated carbocycles. The van der Waals surface area contributed by atoms with Gasteiger partial charge in [0.05, 0.1) is 35.0 Å². The summed E-state index contributed by atoms with van der Waals surface area (Å²) in [6.45, 7) is 11.2. The number of hydrogen-bond donors (Lipinski definition) is 3. The number of ether oxygens (including phenoxy) is 3. The highest BCUT2D eigenvalue weighted by molar-refractivity contribution is 6.08. The number of hydrogen-bond acceptors (Lipinski definition) is 6. The van der Waals surface area contributed by atoms with Gasteiger partial charge in [0.15, 0.2) is 0 Å². The molecule has 1 rings (SSSR count). The minimum Gasteiger partial charge on any atom is -0.478 e. The number of benzene rings is 1. The van der Waals surface area contributed by atoms with Crippen molar-refractivity contribution in [1.29, 1.82) is 0 Å². The summed E-state index contributed by atoms with van der Waals surface area (Å²) < 4.78 is 17.3. The Bertz CT molecular complexity index is 847. The van der Waals surface area contributed by atoms with E-state index in [1.165, 1.54) is 6.92 Å². The fraction of sp³-hybridized carbons (Fsp3) is 0.625. The summed E-state index contributed by atoms with van der Waals surface area (Å²) >= 11 is 0. The monoisotopic (exact) mass is 468 g/mol. The van der Waals surface area contributed by atoms with Crippen molar-refractivity contribution in [3.05, 3.63) is 33.4 Å². The van der Waals surface area contributed by atoms with Crippen LogP contribution in [-0.2, 0) is 14.2 Å². The van der Waals surface area contributed by atoms with Crippen LogP contribution in [0.15, 0.2) is 0 Å². The maximum atomic E-state index is 12.6. The van der Waals surface area contributed by atoms with E-state index < -0.39 is 47.3 Å². The molecular formula is C24H36O9. The molecule has 9 heteroatoms. The van der Waals surface area contributed by atoms with Crippen LogP contribution in [0.2, 0.25) is 0 Å². The van der Waals surface area contributed by atoms with Gasteiger partial charge >= 0.3 is 17.9 Å². The summed E-state index contributed by atoms with van der Waals surface area (Å²) in [5, 5.41) is 30.4. The van der Waals surface area contributed by atoms with Crippen molar-refractivity contribution >= 4 is 17.9 Å². The van der Waals surface area contributed by atoms with Crippen LogP contribution < -0.4 is 0 Å². The molecule has 3 N–H and O–H groups in total. The topological polar surface area (TPSA) is 140 Å². The Balaban J connectivity index is 4.23. The molecule has 0 radical (unpaired) electrons. The van der Waals surface area contributed by atoms with Crippen LogP contribution >= 0.6 is 0 Å². The molecule has 1 aromatic carbocycles. The molecule has 3 atom stereocenters. The lowest BCUT2D eigenvalue weighted by Crippen LogP contribution is -2.26. The molecule has 9 nitrogen and oxygen atoms in total. The lowest BCUT2D eigenvalue weighted by Gasteiger charge is -2.30. The van der Waals surface area contributed by atoms with Crippen LogP contribution in [0, 0.1) is 0 Å². The van der Waals surface area contributed by atoms with Crippen molar-refractivity contribution in [2.24, 2.45) is 0 Å². The van der Waals surface area contributed by atoms with Crippen molar-refractivity contribution in [3.63, 3.8) is 0 Å². The Morgan fingerprint density at radius 3 is 1.15 bits per heavy atom. The first-order valence-electron chi connectivity index (χ1n) is 11.3. The Morgan fingerprint density at radius 2 is 0.848 bits per heavy atom. The van der Waals surface area contributed by atoms with E-state index in [1.54, 1.807) is 13.8 Å². The lowest BCUT2D eigenvalue weighted by molar-refractivity contribution is 0.0424. The largest absolute Gasteiger partial charge is 0.478 e. The summed E-state index contributed by atoms with van der Waals surface area (Å²) in [6.07, 6.45) is -0.761. The number of carboxylic acid groups (broad SMARTS) is 3. The standard InChI is InChI=1S/C24H36O9/c1-7-10-31-13(4)16-17(14(5)32-11-8-2)20(23(27)28)21(24(29)30)18(19(16)22(25)26)15(6)33-12-9-3/h13-15H,7-12H2,1-6H3,(H,25,26)(H,27,28)(H,29,30). The number of aromatic carboxylic acids is 3. The number of rotatable bonds is 15. The van der Waals surface area contributed by atoms with Crippen molar-refractivity contribution in [3.8, 4) is 0 Å². The predicted molar refractivity (Wildman–Crippen MR) is 121 cm³/mol. The molecule has 0 fully saturated rings. The number of carboxylic acids is 3. The van der Waals surface area contributed by atoms with E-state index in [0.29, 0.717) is 25.9 Å². The first-order chi connectivity index (χ1) is 15.5. The van der Waals surface area contributed by atoms with E-state index in [4.69, 9.17) is 14.2 Å². The van der Waals surface area contributed by atoms with Crippen LogP contribution in [0.3, 0.4) is 0 Å². The third-order valence-electron chi connectivity index (χ3n) is 5.19. The zero-order chi connectivity index (χ0) is 25.3. The van der Waals surface area contributed by atoms with Crippen LogP contribution in [0.4, 0.5) is 0 Å². The first-order valence-corrected chi connectivity index (χ1v) is 11.3. The van der Waals surface area contributed by atoms with Gasteiger partial charge in [0.2, 0.25) is 0 Å². The molecule has 0 spiro atoms. The molecule has 0 aliphatic rings. The highest BCUT2D eigenvalue weighted by Gasteiger charge is 2.38. The summed E-state index contributed by atoms with van der Waals surface area (Å²) in [4.78, 5) is 37.3. The lowest BCUT2D eigenvalue weighted by atomic mass is 9.81. The second kappa shape index (κ2) is 13.3. The quantitative estimate of drug-likeness (QED) is 0.315. The average molecular weight is 469 g/mol. The molecule has 1 aromatic rings. The third-order valence-corrected chi connectivity index (χ3v) is 5.19. The maximum Gasteiger partial charge on any atom is 0.336 e. The van der Waals surface area contributed by atoms with E-state index in [0.717, 1.165) is 0 Å². The smallest absolute Gasteiger partial charge is 0.336 e.